The van der Waals surface area contributed by atoms with Crippen molar-refractivity contribution in [1.29, 1.82) is 0 Å². The Balaban J connectivity index is 1.63. The summed E-state index contributed by atoms with van der Waals surface area (Å²) in [6, 6.07) is 22.3. The Bertz CT molecular complexity index is 864. The van der Waals surface area contributed by atoms with Crippen LogP contribution in [-0.2, 0) is 19.7 Å². The minimum absolute atomic E-state index is 0.471. The predicted octanol–water partition coefficient (Wildman–Crippen LogP) is 5.53. The number of ether oxygens (including phenoxy) is 2. The molecule has 0 atom stereocenters. The van der Waals surface area contributed by atoms with Gasteiger partial charge in [-0.25, -0.2) is 0 Å². The van der Waals surface area contributed by atoms with Crippen LogP contribution in [0.25, 0.3) is 0 Å². The molecular formula is C23H24ClNO2. The average molecular weight is 382 g/mol. The lowest BCUT2D eigenvalue weighted by atomic mass is 10.1. The first kappa shape index (κ1) is 19.3. The molecule has 0 saturated heterocycles. The number of hydrogen-bond donors (Lipinski definition) is 1. The van der Waals surface area contributed by atoms with Crippen molar-refractivity contribution in [3.8, 4) is 11.5 Å². The summed E-state index contributed by atoms with van der Waals surface area (Å²) >= 11 is 6.47. The fraction of sp³-hybridized carbons (Fsp3) is 0.217. The molecule has 3 rings (SSSR count). The highest BCUT2D eigenvalue weighted by atomic mass is 35.5. The molecule has 27 heavy (non-hydrogen) atoms. The van der Waals surface area contributed by atoms with Crippen molar-refractivity contribution in [2.45, 2.75) is 26.6 Å². The molecule has 0 saturated carbocycles. The lowest BCUT2D eigenvalue weighted by molar-refractivity contribution is 0.284. The fourth-order valence-electron chi connectivity index (χ4n) is 2.77. The number of rotatable bonds is 8. The summed E-state index contributed by atoms with van der Waals surface area (Å²) in [6.45, 7) is 4.00. The minimum atomic E-state index is 0.471. The molecule has 0 spiro atoms. The van der Waals surface area contributed by atoms with E-state index < -0.39 is 0 Å². The molecule has 0 unspecified atom stereocenters. The van der Waals surface area contributed by atoms with Gasteiger partial charge in [-0.1, -0.05) is 71.8 Å². The summed E-state index contributed by atoms with van der Waals surface area (Å²) in [7, 11) is 1.64. The van der Waals surface area contributed by atoms with Crippen molar-refractivity contribution in [1.82, 2.24) is 5.32 Å². The van der Waals surface area contributed by atoms with E-state index in [1.165, 1.54) is 11.1 Å². The maximum atomic E-state index is 6.47. The predicted molar refractivity (Wildman–Crippen MR) is 111 cm³/mol. The zero-order valence-corrected chi connectivity index (χ0v) is 16.4. The second kappa shape index (κ2) is 9.45. The third-order valence-corrected chi connectivity index (χ3v) is 4.69. The van der Waals surface area contributed by atoms with Crippen LogP contribution in [0.1, 0.15) is 22.3 Å². The topological polar surface area (TPSA) is 30.5 Å². The van der Waals surface area contributed by atoms with Gasteiger partial charge in [0, 0.05) is 24.2 Å². The van der Waals surface area contributed by atoms with Crippen LogP contribution in [0.4, 0.5) is 0 Å². The molecule has 0 aliphatic carbocycles. The molecule has 0 radical (unpaired) electrons. The Hall–Kier alpha value is -2.49. The van der Waals surface area contributed by atoms with Crippen molar-refractivity contribution in [2.24, 2.45) is 0 Å². The van der Waals surface area contributed by atoms with Crippen molar-refractivity contribution in [3.05, 3.63) is 94.0 Å². The average Bonchev–Trinajstić information content (AvgIpc) is 2.70. The van der Waals surface area contributed by atoms with Crippen LogP contribution in [0.2, 0.25) is 5.02 Å². The van der Waals surface area contributed by atoms with Crippen molar-refractivity contribution in [3.63, 3.8) is 0 Å². The fourth-order valence-corrected chi connectivity index (χ4v) is 2.99. The van der Waals surface area contributed by atoms with Gasteiger partial charge < -0.3 is 14.8 Å². The van der Waals surface area contributed by atoms with E-state index in [2.05, 4.69) is 36.5 Å². The maximum absolute atomic E-state index is 6.47. The molecule has 0 fully saturated rings. The standard InChI is InChI=1S/C23H24ClNO2/c1-17-8-10-18(11-9-17)14-25-15-20-12-22(26-2)23(13-21(20)24)27-16-19-6-4-3-5-7-19/h3-13,25H,14-16H2,1-2H3. The van der Waals surface area contributed by atoms with E-state index in [4.69, 9.17) is 21.1 Å². The van der Waals surface area contributed by atoms with Crippen LogP contribution >= 0.6 is 11.6 Å². The summed E-state index contributed by atoms with van der Waals surface area (Å²) in [5, 5.41) is 4.09. The lowest BCUT2D eigenvalue weighted by Crippen LogP contribution is -2.13. The molecule has 3 nitrogen and oxygen atoms in total. The van der Waals surface area contributed by atoms with Gasteiger partial charge >= 0.3 is 0 Å². The van der Waals surface area contributed by atoms with Gasteiger partial charge in [-0.05, 0) is 29.7 Å². The van der Waals surface area contributed by atoms with E-state index >= 15 is 0 Å². The van der Waals surface area contributed by atoms with E-state index in [9.17, 15) is 0 Å². The molecule has 0 bridgehead atoms. The Kier molecular flexibility index (Phi) is 6.74. The second-order valence-electron chi connectivity index (χ2n) is 6.46. The normalized spacial score (nSPS) is 10.6. The number of methoxy groups -OCH3 is 1. The molecule has 0 aliphatic rings. The van der Waals surface area contributed by atoms with Gasteiger partial charge in [-0.2, -0.15) is 0 Å². The SMILES string of the molecule is COc1cc(CNCc2ccc(C)cc2)c(Cl)cc1OCc1ccccc1. The Labute approximate surface area is 165 Å². The van der Waals surface area contributed by atoms with Crippen LogP contribution in [0.15, 0.2) is 66.7 Å². The lowest BCUT2D eigenvalue weighted by Gasteiger charge is -2.14. The molecule has 0 amide bonds. The van der Waals surface area contributed by atoms with Crippen LogP contribution < -0.4 is 14.8 Å². The first-order valence-electron chi connectivity index (χ1n) is 8.95. The largest absolute Gasteiger partial charge is 0.493 e. The molecular weight excluding hydrogens is 358 g/mol. The molecule has 3 aromatic rings. The van der Waals surface area contributed by atoms with Crippen LogP contribution in [0.3, 0.4) is 0 Å². The van der Waals surface area contributed by atoms with Crippen LogP contribution in [0.5, 0.6) is 11.5 Å². The van der Waals surface area contributed by atoms with Crippen molar-refractivity contribution >= 4 is 11.6 Å². The Morgan fingerprint density at radius 1 is 0.852 bits per heavy atom. The summed E-state index contributed by atoms with van der Waals surface area (Å²) in [5.74, 6) is 1.33. The van der Waals surface area contributed by atoms with Crippen LogP contribution in [0, 0.1) is 6.92 Å². The van der Waals surface area contributed by atoms with Gasteiger partial charge in [0.05, 0.1) is 7.11 Å². The molecule has 3 aromatic carbocycles. The van der Waals surface area contributed by atoms with Crippen molar-refractivity contribution in [2.75, 3.05) is 7.11 Å². The molecule has 4 heteroatoms. The smallest absolute Gasteiger partial charge is 0.163 e. The van der Waals surface area contributed by atoms with Gasteiger partial charge in [-0.3, -0.25) is 0 Å². The van der Waals surface area contributed by atoms with E-state index in [-0.39, 0.29) is 0 Å². The van der Waals surface area contributed by atoms with Crippen molar-refractivity contribution < 1.29 is 9.47 Å². The maximum Gasteiger partial charge on any atom is 0.163 e. The first-order chi connectivity index (χ1) is 13.2. The number of nitrogens with one attached hydrogen (secondary N) is 1. The monoisotopic (exact) mass is 381 g/mol. The number of benzene rings is 3. The molecule has 1 N–H and O–H groups in total. The quantitative estimate of drug-likeness (QED) is 0.556. The minimum Gasteiger partial charge on any atom is -0.493 e. The third kappa shape index (κ3) is 5.49. The highest BCUT2D eigenvalue weighted by Gasteiger charge is 2.11. The van der Waals surface area contributed by atoms with E-state index in [0.717, 1.165) is 17.7 Å². The van der Waals surface area contributed by atoms with Gasteiger partial charge in [0.25, 0.3) is 0 Å². The van der Waals surface area contributed by atoms with Crippen LogP contribution in [-0.4, -0.2) is 7.11 Å². The first-order valence-corrected chi connectivity index (χ1v) is 9.33. The summed E-state index contributed by atoms with van der Waals surface area (Å²) in [5.41, 5.74) is 4.58. The third-order valence-electron chi connectivity index (χ3n) is 4.34. The Morgan fingerprint density at radius 3 is 2.30 bits per heavy atom. The molecule has 0 heterocycles. The second-order valence-corrected chi connectivity index (χ2v) is 6.87. The molecule has 0 aliphatic heterocycles. The molecule has 140 valence electrons. The number of aryl methyl sites for hydroxylation is 1. The van der Waals surface area contributed by atoms with Gasteiger partial charge in [-0.15, -0.1) is 0 Å². The number of hydrogen-bond acceptors (Lipinski definition) is 3. The van der Waals surface area contributed by atoms with E-state index in [0.29, 0.717) is 29.7 Å². The summed E-state index contributed by atoms with van der Waals surface area (Å²) < 4.78 is 11.4. The van der Waals surface area contributed by atoms with E-state index in [1.54, 1.807) is 7.11 Å². The Morgan fingerprint density at radius 2 is 1.59 bits per heavy atom. The molecule has 0 aromatic heterocycles. The van der Waals surface area contributed by atoms with Gasteiger partial charge in [0.1, 0.15) is 6.61 Å². The summed E-state index contributed by atoms with van der Waals surface area (Å²) in [4.78, 5) is 0. The van der Waals surface area contributed by atoms with E-state index in [1.807, 2.05) is 42.5 Å². The highest BCUT2D eigenvalue weighted by Crippen LogP contribution is 2.34. The zero-order valence-electron chi connectivity index (χ0n) is 15.7. The highest BCUT2D eigenvalue weighted by molar-refractivity contribution is 6.31. The van der Waals surface area contributed by atoms with Gasteiger partial charge in [0.2, 0.25) is 0 Å². The van der Waals surface area contributed by atoms with Gasteiger partial charge in [0.15, 0.2) is 11.5 Å². The summed E-state index contributed by atoms with van der Waals surface area (Å²) in [6.07, 6.45) is 0. The number of halogens is 1. The zero-order chi connectivity index (χ0) is 19.1.